The Kier molecular flexibility index (Phi) is 4.18. The van der Waals surface area contributed by atoms with E-state index in [-0.39, 0.29) is 18.9 Å². The summed E-state index contributed by atoms with van der Waals surface area (Å²) in [4.78, 5) is 0. The van der Waals surface area contributed by atoms with Crippen molar-refractivity contribution in [2.75, 3.05) is 18.9 Å². The smallest absolute Gasteiger partial charge is 0.190 e. The standard InChI is InChI=1S/C14H13F2NO2/c15-12-8-10(17)9-13(16)14(12)19-7-6-18-11-4-2-1-3-5-11/h1-5,8-9H,6-7,17H2. The number of hydrogen-bond acceptors (Lipinski definition) is 3. The largest absolute Gasteiger partial charge is 0.490 e. The van der Waals surface area contributed by atoms with Gasteiger partial charge in [-0.05, 0) is 12.1 Å². The van der Waals surface area contributed by atoms with Gasteiger partial charge in [-0.1, -0.05) is 18.2 Å². The highest BCUT2D eigenvalue weighted by Crippen LogP contribution is 2.24. The second-order valence-electron chi connectivity index (χ2n) is 3.82. The Hall–Kier alpha value is -2.30. The molecule has 0 heterocycles. The highest BCUT2D eigenvalue weighted by atomic mass is 19.1. The summed E-state index contributed by atoms with van der Waals surface area (Å²) in [5, 5.41) is 0. The fourth-order valence-corrected chi connectivity index (χ4v) is 1.54. The van der Waals surface area contributed by atoms with E-state index in [9.17, 15) is 8.78 Å². The number of nitrogens with two attached hydrogens (primary N) is 1. The Morgan fingerprint density at radius 2 is 1.47 bits per heavy atom. The van der Waals surface area contributed by atoms with Crippen LogP contribution in [0.5, 0.6) is 11.5 Å². The van der Waals surface area contributed by atoms with Crippen molar-refractivity contribution in [2.45, 2.75) is 0 Å². The molecule has 0 spiro atoms. The molecule has 0 radical (unpaired) electrons. The maximum Gasteiger partial charge on any atom is 0.190 e. The van der Waals surface area contributed by atoms with Crippen LogP contribution in [-0.2, 0) is 0 Å². The Bertz CT molecular complexity index is 523. The first-order chi connectivity index (χ1) is 9.16. The summed E-state index contributed by atoms with van der Waals surface area (Å²) < 4.78 is 37.1. The minimum absolute atomic E-state index is 0.0166. The summed E-state index contributed by atoms with van der Waals surface area (Å²) in [6, 6.07) is 11.1. The van der Waals surface area contributed by atoms with Crippen LogP contribution in [0.15, 0.2) is 42.5 Å². The van der Waals surface area contributed by atoms with Crippen LogP contribution < -0.4 is 15.2 Å². The van der Waals surface area contributed by atoms with E-state index < -0.39 is 17.4 Å². The number of anilines is 1. The number of para-hydroxylation sites is 1. The molecule has 3 nitrogen and oxygen atoms in total. The molecule has 2 aromatic rings. The molecular formula is C14H13F2NO2. The second-order valence-corrected chi connectivity index (χ2v) is 3.82. The number of benzene rings is 2. The normalized spacial score (nSPS) is 10.2. The lowest BCUT2D eigenvalue weighted by atomic mass is 10.3. The number of rotatable bonds is 5. The van der Waals surface area contributed by atoms with Gasteiger partial charge >= 0.3 is 0 Å². The van der Waals surface area contributed by atoms with Gasteiger partial charge in [0.25, 0.3) is 0 Å². The third kappa shape index (κ3) is 3.58. The lowest BCUT2D eigenvalue weighted by Crippen LogP contribution is -2.10. The van der Waals surface area contributed by atoms with Gasteiger partial charge < -0.3 is 15.2 Å². The molecule has 0 aliphatic rings. The van der Waals surface area contributed by atoms with E-state index in [4.69, 9.17) is 15.2 Å². The summed E-state index contributed by atoms with van der Waals surface area (Å²) in [7, 11) is 0. The van der Waals surface area contributed by atoms with E-state index >= 15 is 0 Å². The predicted molar refractivity (Wildman–Crippen MR) is 68.2 cm³/mol. The molecule has 0 amide bonds. The van der Waals surface area contributed by atoms with Crippen LogP contribution in [0.25, 0.3) is 0 Å². The van der Waals surface area contributed by atoms with Gasteiger partial charge in [-0.3, -0.25) is 0 Å². The van der Waals surface area contributed by atoms with Crippen LogP contribution in [0.2, 0.25) is 0 Å². The third-order valence-corrected chi connectivity index (χ3v) is 2.36. The van der Waals surface area contributed by atoms with Crippen molar-refractivity contribution in [3.05, 3.63) is 54.1 Å². The average Bonchev–Trinajstić information content (AvgIpc) is 2.38. The third-order valence-electron chi connectivity index (χ3n) is 2.36. The van der Waals surface area contributed by atoms with Gasteiger partial charge in [0.2, 0.25) is 0 Å². The molecule has 0 fully saturated rings. The highest BCUT2D eigenvalue weighted by molar-refractivity contribution is 5.44. The number of hydrogen-bond donors (Lipinski definition) is 1. The van der Waals surface area contributed by atoms with E-state index in [1.54, 1.807) is 12.1 Å². The van der Waals surface area contributed by atoms with E-state index in [1.807, 2.05) is 18.2 Å². The fraction of sp³-hybridized carbons (Fsp3) is 0.143. The zero-order chi connectivity index (χ0) is 13.7. The molecule has 0 atom stereocenters. The molecule has 2 aromatic carbocycles. The summed E-state index contributed by atoms with van der Waals surface area (Å²) in [5.74, 6) is -1.41. The summed E-state index contributed by atoms with van der Waals surface area (Å²) in [6.07, 6.45) is 0. The number of halogens is 2. The summed E-state index contributed by atoms with van der Waals surface area (Å²) >= 11 is 0. The first-order valence-electron chi connectivity index (χ1n) is 5.72. The Morgan fingerprint density at radius 3 is 2.11 bits per heavy atom. The Morgan fingerprint density at radius 1 is 0.895 bits per heavy atom. The zero-order valence-corrected chi connectivity index (χ0v) is 10.1. The highest BCUT2D eigenvalue weighted by Gasteiger charge is 2.11. The first-order valence-corrected chi connectivity index (χ1v) is 5.72. The van der Waals surface area contributed by atoms with E-state index in [0.717, 1.165) is 12.1 Å². The molecule has 0 unspecified atom stereocenters. The van der Waals surface area contributed by atoms with Crippen molar-refractivity contribution in [1.82, 2.24) is 0 Å². The van der Waals surface area contributed by atoms with Gasteiger partial charge in [0.05, 0.1) is 0 Å². The molecule has 2 N–H and O–H groups in total. The minimum Gasteiger partial charge on any atom is -0.490 e. The van der Waals surface area contributed by atoms with Crippen molar-refractivity contribution in [1.29, 1.82) is 0 Å². The van der Waals surface area contributed by atoms with Gasteiger partial charge in [-0.25, -0.2) is 8.78 Å². The summed E-state index contributed by atoms with van der Waals surface area (Å²) in [5.41, 5.74) is 5.32. The molecule has 2 rings (SSSR count). The molecule has 0 aliphatic carbocycles. The molecule has 0 aliphatic heterocycles. The Balaban J connectivity index is 1.86. The van der Waals surface area contributed by atoms with Crippen molar-refractivity contribution in [3.8, 4) is 11.5 Å². The molecule has 0 saturated heterocycles. The Labute approximate surface area is 109 Å². The maximum atomic E-state index is 13.4. The van der Waals surface area contributed by atoms with Gasteiger partial charge in [0.15, 0.2) is 17.4 Å². The zero-order valence-electron chi connectivity index (χ0n) is 10.1. The van der Waals surface area contributed by atoms with E-state index in [0.29, 0.717) is 5.75 Å². The van der Waals surface area contributed by atoms with Gasteiger partial charge in [-0.15, -0.1) is 0 Å². The van der Waals surface area contributed by atoms with Crippen LogP contribution in [0, 0.1) is 11.6 Å². The lowest BCUT2D eigenvalue weighted by Gasteiger charge is -2.10. The van der Waals surface area contributed by atoms with Crippen LogP contribution in [0.4, 0.5) is 14.5 Å². The summed E-state index contributed by atoms with van der Waals surface area (Å²) in [6.45, 7) is 0.222. The first kappa shape index (κ1) is 13.1. The lowest BCUT2D eigenvalue weighted by molar-refractivity contribution is 0.205. The molecule has 0 saturated carbocycles. The van der Waals surface area contributed by atoms with Crippen molar-refractivity contribution in [3.63, 3.8) is 0 Å². The SMILES string of the molecule is Nc1cc(F)c(OCCOc2ccccc2)c(F)c1. The van der Waals surface area contributed by atoms with Gasteiger partial charge in [0.1, 0.15) is 19.0 Å². The average molecular weight is 265 g/mol. The molecule has 5 heteroatoms. The van der Waals surface area contributed by atoms with Crippen molar-refractivity contribution < 1.29 is 18.3 Å². The number of nitrogen functional groups attached to an aromatic ring is 1. The van der Waals surface area contributed by atoms with E-state index in [2.05, 4.69) is 0 Å². The van der Waals surface area contributed by atoms with E-state index in [1.165, 1.54) is 0 Å². The monoisotopic (exact) mass is 265 g/mol. The van der Waals surface area contributed by atoms with Crippen molar-refractivity contribution in [2.24, 2.45) is 0 Å². The fourth-order valence-electron chi connectivity index (χ4n) is 1.54. The predicted octanol–water partition coefficient (Wildman–Crippen LogP) is 3.00. The molecule has 0 aromatic heterocycles. The van der Waals surface area contributed by atoms with Crippen LogP contribution in [-0.4, -0.2) is 13.2 Å². The van der Waals surface area contributed by atoms with Crippen LogP contribution in [0.1, 0.15) is 0 Å². The maximum absolute atomic E-state index is 13.4. The molecular weight excluding hydrogens is 252 g/mol. The van der Waals surface area contributed by atoms with Crippen LogP contribution >= 0.6 is 0 Å². The van der Waals surface area contributed by atoms with Gasteiger partial charge in [-0.2, -0.15) is 0 Å². The van der Waals surface area contributed by atoms with Gasteiger partial charge in [0, 0.05) is 17.8 Å². The molecule has 0 bridgehead atoms. The number of ether oxygens (including phenoxy) is 2. The second kappa shape index (κ2) is 6.04. The quantitative estimate of drug-likeness (QED) is 0.667. The minimum atomic E-state index is -0.822. The molecule has 19 heavy (non-hydrogen) atoms. The van der Waals surface area contributed by atoms with Crippen molar-refractivity contribution >= 4 is 5.69 Å². The van der Waals surface area contributed by atoms with Crippen LogP contribution in [0.3, 0.4) is 0 Å². The topological polar surface area (TPSA) is 44.5 Å². The molecule has 100 valence electrons.